The molecule has 32 heavy (non-hydrogen) atoms. The van der Waals surface area contributed by atoms with E-state index < -0.39 is 0 Å². The van der Waals surface area contributed by atoms with Gasteiger partial charge in [-0.2, -0.15) is 0 Å². The van der Waals surface area contributed by atoms with Crippen LogP contribution in [0.2, 0.25) is 0 Å². The third-order valence-electron chi connectivity index (χ3n) is 6.91. The lowest BCUT2D eigenvalue weighted by Gasteiger charge is -2.28. The highest BCUT2D eigenvalue weighted by atomic mass is 15.2. The van der Waals surface area contributed by atoms with Crippen LogP contribution in [0.15, 0.2) is 121 Å². The van der Waals surface area contributed by atoms with Crippen molar-refractivity contribution in [3.05, 3.63) is 127 Å². The average Bonchev–Trinajstić information content (AvgIpc) is 3.37. The highest BCUT2D eigenvalue weighted by Crippen LogP contribution is 2.48. The van der Waals surface area contributed by atoms with Gasteiger partial charge in [-0.15, -0.1) is 0 Å². The molecule has 2 atom stereocenters. The second kappa shape index (κ2) is 6.73. The Balaban J connectivity index is 1.47. The first-order chi connectivity index (χ1) is 15.9. The van der Waals surface area contributed by atoms with Crippen molar-refractivity contribution in [2.24, 2.45) is 0 Å². The van der Waals surface area contributed by atoms with E-state index in [-0.39, 0.29) is 0 Å². The Morgan fingerprint density at radius 2 is 1.22 bits per heavy atom. The molecule has 2 heteroatoms. The number of rotatable bonds is 2. The summed E-state index contributed by atoms with van der Waals surface area (Å²) in [5.74, 6) is 0.350. The minimum absolute atomic E-state index is 0.311. The molecule has 1 aliphatic heterocycles. The minimum Gasteiger partial charge on any atom is -0.333 e. The minimum atomic E-state index is 0.311. The first-order valence-corrected chi connectivity index (χ1v) is 11.2. The van der Waals surface area contributed by atoms with E-state index in [2.05, 4.69) is 131 Å². The van der Waals surface area contributed by atoms with Gasteiger partial charge in [0, 0.05) is 33.8 Å². The van der Waals surface area contributed by atoms with Gasteiger partial charge in [0.1, 0.15) is 0 Å². The largest absolute Gasteiger partial charge is 0.333 e. The number of hydrogen-bond acceptors (Lipinski definition) is 1. The monoisotopic (exact) mass is 410 g/mol. The van der Waals surface area contributed by atoms with Crippen molar-refractivity contribution in [2.45, 2.75) is 12.0 Å². The molecule has 0 bridgehead atoms. The van der Waals surface area contributed by atoms with E-state index in [4.69, 9.17) is 0 Å². The maximum Gasteiger partial charge on any atom is 0.0629 e. The first kappa shape index (κ1) is 17.6. The Kier molecular flexibility index (Phi) is 3.71. The topological polar surface area (TPSA) is 8.17 Å². The van der Waals surface area contributed by atoms with E-state index in [9.17, 15) is 0 Å². The lowest BCUT2D eigenvalue weighted by atomic mass is 9.91. The van der Waals surface area contributed by atoms with Gasteiger partial charge in [-0.25, -0.2) is 0 Å². The molecule has 0 saturated heterocycles. The second-order valence-corrected chi connectivity index (χ2v) is 8.60. The number of benzene rings is 4. The molecule has 0 fully saturated rings. The van der Waals surface area contributed by atoms with Crippen LogP contribution < -0.4 is 4.90 Å². The van der Waals surface area contributed by atoms with E-state index in [1.54, 1.807) is 0 Å². The van der Waals surface area contributed by atoms with E-state index in [0.29, 0.717) is 12.0 Å². The molecule has 0 amide bonds. The van der Waals surface area contributed by atoms with Gasteiger partial charge in [0.25, 0.3) is 0 Å². The third-order valence-corrected chi connectivity index (χ3v) is 6.91. The van der Waals surface area contributed by atoms with Gasteiger partial charge in [-0.1, -0.05) is 78.9 Å². The maximum absolute atomic E-state index is 2.48. The molecule has 0 N–H and O–H groups in total. The number of anilines is 2. The van der Waals surface area contributed by atoms with Gasteiger partial charge in [-0.3, -0.25) is 0 Å². The molecule has 152 valence electrons. The number of allylic oxidation sites excluding steroid dienone is 2. The van der Waals surface area contributed by atoms with Crippen LogP contribution in [0.4, 0.5) is 11.4 Å². The molecule has 0 radical (unpaired) electrons. The number of aromatic nitrogens is 1. The summed E-state index contributed by atoms with van der Waals surface area (Å²) in [7, 11) is 0. The van der Waals surface area contributed by atoms with Gasteiger partial charge >= 0.3 is 0 Å². The van der Waals surface area contributed by atoms with Crippen LogP contribution in [0.1, 0.15) is 11.5 Å². The second-order valence-electron chi connectivity index (χ2n) is 8.60. The number of fused-ring (bicyclic) bond motifs is 6. The Hall–Kier alpha value is -4.04. The zero-order valence-corrected chi connectivity index (χ0v) is 17.6. The molecule has 1 aromatic heterocycles. The van der Waals surface area contributed by atoms with Crippen molar-refractivity contribution in [3.63, 3.8) is 0 Å². The molecule has 4 aromatic carbocycles. The van der Waals surface area contributed by atoms with Crippen LogP contribution in [0, 0.1) is 0 Å². The fraction of sp³-hybridized carbons (Fsp3) is 0.0667. The van der Waals surface area contributed by atoms with Crippen molar-refractivity contribution in [2.75, 3.05) is 4.90 Å². The van der Waals surface area contributed by atoms with Crippen LogP contribution in [0.3, 0.4) is 0 Å². The fourth-order valence-corrected chi connectivity index (χ4v) is 5.56. The van der Waals surface area contributed by atoms with Gasteiger partial charge in [0.05, 0.1) is 17.1 Å². The van der Waals surface area contributed by atoms with Gasteiger partial charge in [0.2, 0.25) is 0 Å². The van der Waals surface area contributed by atoms with Crippen LogP contribution >= 0.6 is 0 Å². The van der Waals surface area contributed by atoms with Crippen molar-refractivity contribution < 1.29 is 0 Å². The summed E-state index contributed by atoms with van der Waals surface area (Å²) in [4.78, 5) is 2.48. The van der Waals surface area contributed by atoms with Gasteiger partial charge < -0.3 is 9.47 Å². The zero-order chi connectivity index (χ0) is 21.1. The zero-order valence-electron chi connectivity index (χ0n) is 17.6. The Morgan fingerprint density at radius 3 is 1.97 bits per heavy atom. The molecule has 1 aliphatic carbocycles. The van der Waals surface area contributed by atoms with E-state index in [0.717, 1.165) is 0 Å². The quantitative estimate of drug-likeness (QED) is 0.292. The predicted molar refractivity (Wildman–Crippen MR) is 134 cm³/mol. The lowest BCUT2D eigenvalue weighted by molar-refractivity contribution is 0.744. The van der Waals surface area contributed by atoms with E-state index >= 15 is 0 Å². The Labute approximate surface area is 187 Å². The summed E-state index contributed by atoms with van der Waals surface area (Å²) in [5, 5.41) is 2.60. The van der Waals surface area contributed by atoms with Crippen LogP contribution in [0.25, 0.3) is 27.5 Å². The lowest BCUT2D eigenvalue weighted by Crippen LogP contribution is -2.28. The summed E-state index contributed by atoms with van der Waals surface area (Å²) >= 11 is 0. The van der Waals surface area contributed by atoms with Crippen molar-refractivity contribution in [1.82, 2.24) is 4.57 Å². The summed E-state index contributed by atoms with van der Waals surface area (Å²) in [6.07, 6.45) is 9.04. The number of para-hydroxylation sites is 3. The van der Waals surface area contributed by atoms with Gasteiger partial charge in [-0.05, 0) is 48.0 Å². The molecular weight excluding hydrogens is 388 g/mol. The van der Waals surface area contributed by atoms with E-state index in [1.807, 2.05) is 0 Å². The maximum atomic E-state index is 2.48. The molecule has 0 saturated carbocycles. The normalized spacial score (nSPS) is 18.9. The summed E-state index contributed by atoms with van der Waals surface area (Å²) in [6, 6.07) is 35.5. The molecule has 7 rings (SSSR count). The highest BCUT2D eigenvalue weighted by molar-refractivity contribution is 6.09. The van der Waals surface area contributed by atoms with Crippen LogP contribution in [-0.2, 0) is 0 Å². The van der Waals surface area contributed by atoms with Crippen LogP contribution in [-0.4, -0.2) is 10.6 Å². The molecule has 0 spiro atoms. The van der Waals surface area contributed by atoms with E-state index in [1.165, 1.54) is 44.4 Å². The summed E-state index contributed by atoms with van der Waals surface area (Å²) in [5.41, 5.74) is 7.65. The molecule has 2 aliphatic rings. The summed E-state index contributed by atoms with van der Waals surface area (Å²) < 4.78 is 2.41. The third kappa shape index (κ3) is 2.41. The summed E-state index contributed by atoms with van der Waals surface area (Å²) in [6.45, 7) is 0. The van der Waals surface area contributed by atoms with Crippen LogP contribution in [0.5, 0.6) is 0 Å². The van der Waals surface area contributed by atoms with Crippen molar-refractivity contribution >= 4 is 33.2 Å². The van der Waals surface area contributed by atoms with Crippen molar-refractivity contribution in [1.29, 1.82) is 0 Å². The smallest absolute Gasteiger partial charge is 0.0629 e. The first-order valence-electron chi connectivity index (χ1n) is 11.2. The molecule has 2 unspecified atom stereocenters. The van der Waals surface area contributed by atoms with Gasteiger partial charge in [0.15, 0.2) is 0 Å². The Morgan fingerprint density at radius 1 is 0.562 bits per heavy atom. The highest BCUT2D eigenvalue weighted by Gasteiger charge is 2.37. The average molecular weight is 411 g/mol. The Bertz CT molecular complexity index is 1480. The standard InChI is InChI=1S/C30H22N2/c1-2-10-21(11-3-1)31-29-17-9-6-14-25(29)26-20-22(18-19-30(26)31)32-27-15-7-4-12-23(27)24-13-5-8-16-28(24)32/h1-20,25,29H. The molecule has 2 heterocycles. The molecule has 5 aromatic rings. The van der Waals surface area contributed by atoms with Crippen molar-refractivity contribution in [3.8, 4) is 5.69 Å². The SMILES string of the molecule is C1=CC2c3cc(-n4c5ccccc5c5ccccc54)ccc3N(c3ccccc3)C2C=C1. The number of hydrogen-bond donors (Lipinski definition) is 0. The number of nitrogens with zero attached hydrogens (tertiary/aromatic N) is 2. The predicted octanol–water partition coefficient (Wildman–Crippen LogP) is 7.51. The molecule has 2 nitrogen and oxygen atoms in total. The fourth-order valence-electron chi connectivity index (χ4n) is 5.56. The molecular formula is C30H22N2.